The lowest BCUT2D eigenvalue weighted by Gasteiger charge is -2.04. The van der Waals surface area contributed by atoms with Gasteiger partial charge < -0.3 is 4.18 Å². The largest absolute Gasteiger partial charge is 0.406 e. The molecule has 1 aromatic carbocycles. The highest BCUT2D eigenvalue weighted by Crippen LogP contribution is 2.38. The van der Waals surface area contributed by atoms with E-state index in [0.717, 1.165) is 0 Å². The first-order chi connectivity index (χ1) is 6.65. The fraction of sp³-hybridized carbons (Fsp3) is 0.250. The molecule has 0 amide bonds. The lowest BCUT2D eigenvalue weighted by atomic mass is 10.3. The van der Waals surface area contributed by atoms with E-state index >= 15 is 0 Å². The molecule has 0 aliphatic carbocycles. The minimum absolute atomic E-state index is 0.322. The quantitative estimate of drug-likeness (QED) is 0.632. The van der Waals surface area contributed by atoms with Gasteiger partial charge in [0.1, 0.15) is 0 Å². The summed E-state index contributed by atoms with van der Waals surface area (Å²) in [7, 11) is 5.26. The molecule has 1 aromatic rings. The summed E-state index contributed by atoms with van der Waals surface area (Å²) in [6.07, 6.45) is 0. The molecule has 0 saturated heterocycles. The van der Waals surface area contributed by atoms with Crippen LogP contribution in [0.2, 0.25) is 15.1 Å². The van der Waals surface area contributed by atoms with Crippen molar-refractivity contribution in [1.29, 1.82) is 0 Å². The van der Waals surface area contributed by atoms with E-state index in [1.54, 1.807) is 0 Å². The average Bonchev–Trinajstić information content (AvgIpc) is 2.14. The number of benzene rings is 1. The summed E-state index contributed by atoms with van der Waals surface area (Å²) in [5.74, 6) is 0.322. The van der Waals surface area contributed by atoms with Gasteiger partial charge in [0.2, 0.25) is 0 Å². The summed E-state index contributed by atoms with van der Waals surface area (Å²) in [5.41, 5.74) is 0. The van der Waals surface area contributed by atoms with Gasteiger partial charge in [-0.05, 0) is 12.1 Å². The Balaban J connectivity index is 0.000000791. The first-order valence-electron chi connectivity index (χ1n) is 3.75. The van der Waals surface area contributed by atoms with Gasteiger partial charge in [0.25, 0.3) is 0 Å². The number of hydrogen-bond acceptors (Lipinski definition) is 2. The molecule has 0 heterocycles. The van der Waals surface area contributed by atoms with Crippen molar-refractivity contribution in [2.75, 3.05) is 0 Å². The zero-order valence-corrected chi connectivity index (χ0v) is 11.3. The summed E-state index contributed by atoms with van der Waals surface area (Å²) in [5, 5.41) is 1.12. The highest BCUT2D eigenvalue weighted by atomic mass is 35.7. The molecule has 0 N–H and O–H groups in total. The molecule has 6 heteroatoms. The van der Waals surface area contributed by atoms with Crippen LogP contribution in [0.4, 0.5) is 0 Å². The van der Waals surface area contributed by atoms with E-state index in [2.05, 4.69) is 0 Å². The van der Waals surface area contributed by atoms with Gasteiger partial charge in [0.15, 0.2) is 17.0 Å². The Labute approximate surface area is 107 Å². The van der Waals surface area contributed by atoms with E-state index in [1.165, 1.54) is 12.1 Å². The second-order valence-corrected chi connectivity index (χ2v) is 3.77. The van der Waals surface area contributed by atoms with Gasteiger partial charge in [0, 0.05) is 15.7 Å². The Kier molecular flexibility index (Phi) is 8.07. The summed E-state index contributed by atoms with van der Waals surface area (Å²) in [6.45, 7) is 4.00. The van der Waals surface area contributed by atoms with Crippen molar-refractivity contribution in [3.05, 3.63) is 27.2 Å². The van der Waals surface area contributed by atoms with Crippen molar-refractivity contribution in [2.24, 2.45) is 0 Å². The van der Waals surface area contributed by atoms with Crippen molar-refractivity contribution >= 4 is 56.7 Å². The van der Waals surface area contributed by atoms with Crippen molar-refractivity contribution in [3.63, 3.8) is 0 Å². The molecule has 0 aromatic heterocycles. The van der Waals surface area contributed by atoms with Crippen molar-refractivity contribution in [3.8, 4) is 5.75 Å². The maximum absolute atomic E-state index is 5.75. The van der Waals surface area contributed by atoms with Gasteiger partial charge in [-0.2, -0.15) is 0 Å². The van der Waals surface area contributed by atoms with E-state index in [0.29, 0.717) is 32.1 Å². The van der Waals surface area contributed by atoms with Crippen molar-refractivity contribution < 1.29 is 4.18 Å². The van der Waals surface area contributed by atoms with Gasteiger partial charge in [-0.25, -0.2) is 0 Å². The number of rotatable bonds is 2. The third-order valence-corrected chi connectivity index (χ3v) is 2.28. The third-order valence-electron chi connectivity index (χ3n) is 1.08. The first-order valence-corrected chi connectivity index (χ1v) is 6.45. The number of halogens is 4. The molecule has 0 unspecified atom stereocenters. The summed E-state index contributed by atoms with van der Waals surface area (Å²) in [4.78, 5) is 0. The molecule has 0 aliphatic rings. The summed E-state index contributed by atoms with van der Waals surface area (Å²) >= 11 is 17.8. The Hall–Kier alpha value is 0.530. The van der Waals surface area contributed by atoms with Crippen LogP contribution in [0.15, 0.2) is 12.1 Å². The molecule has 0 saturated carbocycles. The lowest BCUT2D eigenvalue weighted by Crippen LogP contribution is -1.81. The molecule has 0 spiro atoms. The highest BCUT2D eigenvalue weighted by molar-refractivity contribution is 8.17. The molecule has 80 valence electrons. The predicted molar refractivity (Wildman–Crippen MR) is 66.9 cm³/mol. The molecule has 0 radical (unpaired) electrons. The van der Waals surface area contributed by atoms with Crippen LogP contribution < -0.4 is 4.18 Å². The fourth-order valence-electron chi connectivity index (χ4n) is 0.640. The van der Waals surface area contributed by atoms with E-state index in [-0.39, 0.29) is 0 Å². The van der Waals surface area contributed by atoms with E-state index < -0.39 is 0 Å². The second kappa shape index (κ2) is 7.77. The Bertz CT molecular complexity index is 270. The predicted octanol–water partition coefficient (Wildman–Crippen LogP) is 5.85. The van der Waals surface area contributed by atoms with E-state index in [4.69, 9.17) is 49.7 Å². The van der Waals surface area contributed by atoms with Crippen LogP contribution in [0.5, 0.6) is 5.75 Å². The topological polar surface area (TPSA) is 9.23 Å². The molecule has 0 atom stereocenters. The van der Waals surface area contributed by atoms with Crippen LogP contribution in [-0.4, -0.2) is 0 Å². The molecule has 0 bridgehead atoms. The van der Waals surface area contributed by atoms with Crippen molar-refractivity contribution in [1.82, 2.24) is 0 Å². The minimum Gasteiger partial charge on any atom is -0.406 e. The van der Waals surface area contributed by atoms with Crippen LogP contribution in [-0.2, 0) is 0 Å². The van der Waals surface area contributed by atoms with Crippen LogP contribution in [0.1, 0.15) is 13.8 Å². The smallest absolute Gasteiger partial charge is 0.176 e. The van der Waals surface area contributed by atoms with Gasteiger partial charge in [0.05, 0.1) is 10.0 Å². The maximum atomic E-state index is 5.75. The zero-order chi connectivity index (χ0) is 11.1. The fourth-order valence-corrected chi connectivity index (χ4v) is 2.06. The van der Waals surface area contributed by atoms with E-state index in [1.807, 2.05) is 13.8 Å². The Morgan fingerprint density at radius 2 is 1.50 bits per heavy atom. The Morgan fingerprint density at radius 1 is 1.07 bits per heavy atom. The van der Waals surface area contributed by atoms with Crippen LogP contribution >= 0.6 is 56.7 Å². The molecule has 0 fully saturated rings. The summed E-state index contributed by atoms with van der Waals surface area (Å²) < 4.78 is 4.88. The van der Waals surface area contributed by atoms with E-state index in [9.17, 15) is 0 Å². The Morgan fingerprint density at radius 3 is 1.86 bits per heavy atom. The minimum atomic E-state index is 0.322. The second-order valence-electron chi connectivity index (χ2n) is 1.84. The van der Waals surface area contributed by atoms with Crippen LogP contribution in [0.3, 0.4) is 0 Å². The van der Waals surface area contributed by atoms with Crippen molar-refractivity contribution in [2.45, 2.75) is 13.8 Å². The third kappa shape index (κ3) is 4.37. The zero-order valence-electron chi connectivity index (χ0n) is 7.48. The summed E-state index contributed by atoms with van der Waals surface area (Å²) in [6, 6.07) is 3.05. The lowest BCUT2D eigenvalue weighted by molar-refractivity contribution is 0.656. The van der Waals surface area contributed by atoms with Gasteiger partial charge >= 0.3 is 0 Å². The SMILES string of the molecule is CC.ClSOc1c(Cl)cc(Cl)cc1Cl. The maximum Gasteiger partial charge on any atom is 0.176 e. The van der Waals surface area contributed by atoms with Gasteiger partial charge in [-0.1, -0.05) is 48.7 Å². The molecule has 1 nitrogen and oxygen atoms in total. The highest BCUT2D eigenvalue weighted by Gasteiger charge is 2.08. The van der Waals surface area contributed by atoms with Gasteiger partial charge in [-0.15, -0.1) is 0 Å². The molecular weight excluding hydrogens is 286 g/mol. The monoisotopic (exact) mass is 292 g/mol. The average molecular weight is 294 g/mol. The normalized spacial score (nSPS) is 9.00. The molecular formula is C8H8Cl4OS. The molecule has 14 heavy (non-hydrogen) atoms. The van der Waals surface area contributed by atoms with Crippen LogP contribution in [0, 0.1) is 0 Å². The van der Waals surface area contributed by atoms with Crippen LogP contribution in [0.25, 0.3) is 0 Å². The number of hydrogen-bond donors (Lipinski definition) is 0. The molecule has 1 rings (SSSR count). The standard InChI is InChI=1S/C6H2Cl4OS.C2H6/c7-3-1-4(8)6(11-12-10)5(9)2-3;1-2/h1-2H;1-2H3. The van der Waals surface area contributed by atoms with Gasteiger partial charge in [-0.3, -0.25) is 0 Å². The molecule has 0 aliphatic heterocycles. The first kappa shape index (κ1) is 14.5.